The van der Waals surface area contributed by atoms with Gasteiger partial charge in [-0.3, -0.25) is 9.79 Å². The molecule has 0 unspecified atom stereocenters. The van der Waals surface area contributed by atoms with Gasteiger partial charge in [0.05, 0.1) is 25.2 Å². The van der Waals surface area contributed by atoms with E-state index in [0.717, 1.165) is 25.7 Å². The molecule has 1 saturated heterocycles. The number of nitrogens with one attached hydrogen (secondary N) is 1. The maximum atomic E-state index is 12.7. The Morgan fingerprint density at radius 2 is 1.82 bits per heavy atom. The Balaban J connectivity index is 1.84. The molecule has 0 bridgehead atoms. The molecule has 1 amide bonds. The van der Waals surface area contributed by atoms with Crippen LogP contribution in [0.1, 0.15) is 37.7 Å². The molecule has 1 heterocycles. The summed E-state index contributed by atoms with van der Waals surface area (Å²) >= 11 is 1.27. The SMILES string of the molecule is COc1cc(/C=C2/SC(=NC3CCCCC3)NC2=O)cc(OC)c1OC(F)F. The molecule has 1 aromatic rings. The summed E-state index contributed by atoms with van der Waals surface area (Å²) in [5.41, 5.74) is 0.562. The minimum Gasteiger partial charge on any atom is -0.493 e. The molecule has 28 heavy (non-hydrogen) atoms. The number of halogens is 2. The van der Waals surface area contributed by atoms with E-state index in [0.29, 0.717) is 15.6 Å². The lowest BCUT2D eigenvalue weighted by molar-refractivity contribution is -0.115. The molecule has 1 saturated carbocycles. The molecule has 0 spiro atoms. The number of ether oxygens (including phenoxy) is 3. The van der Waals surface area contributed by atoms with Gasteiger partial charge in [-0.1, -0.05) is 19.3 Å². The van der Waals surface area contributed by atoms with Crippen molar-refractivity contribution in [3.8, 4) is 17.2 Å². The van der Waals surface area contributed by atoms with Gasteiger partial charge in [0, 0.05) is 0 Å². The molecule has 9 heteroatoms. The third kappa shape index (κ3) is 4.95. The third-order valence-corrected chi connectivity index (χ3v) is 5.44. The first kappa shape index (κ1) is 20.4. The van der Waals surface area contributed by atoms with Crippen molar-refractivity contribution in [3.05, 3.63) is 22.6 Å². The smallest absolute Gasteiger partial charge is 0.387 e. The highest BCUT2D eigenvalue weighted by Crippen LogP contribution is 2.40. The summed E-state index contributed by atoms with van der Waals surface area (Å²) in [5, 5.41) is 3.38. The molecule has 6 nitrogen and oxygen atoms in total. The summed E-state index contributed by atoms with van der Waals surface area (Å²) in [4.78, 5) is 17.4. The van der Waals surface area contributed by atoms with E-state index in [9.17, 15) is 13.6 Å². The molecular weight excluding hydrogens is 390 g/mol. The average Bonchev–Trinajstić information content (AvgIpc) is 3.01. The number of benzene rings is 1. The second-order valence-corrected chi connectivity index (χ2v) is 7.45. The maximum absolute atomic E-state index is 12.7. The predicted molar refractivity (Wildman–Crippen MR) is 104 cm³/mol. The van der Waals surface area contributed by atoms with Crippen molar-refractivity contribution in [1.82, 2.24) is 5.32 Å². The van der Waals surface area contributed by atoms with Crippen LogP contribution < -0.4 is 19.5 Å². The number of amidine groups is 1. The normalized spacial score (nSPS) is 20.7. The molecule has 3 rings (SSSR count). The molecular formula is C19H22F2N2O4S. The summed E-state index contributed by atoms with van der Waals surface area (Å²) in [6.07, 6.45) is 7.28. The van der Waals surface area contributed by atoms with Gasteiger partial charge in [0.2, 0.25) is 5.75 Å². The van der Waals surface area contributed by atoms with Crippen LogP contribution in [-0.4, -0.2) is 37.9 Å². The van der Waals surface area contributed by atoms with Gasteiger partial charge in [0.25, 0.3) is 5.91 Å². The topological polar surface area (TPSA) is 69.2 Å². The van der Waals surface area contributed by atoms with Crippen LogP contribution in [0.25, 0.3) is 6.08 Å². The van der Waals surface area contributed by atoms with Crippen molar-refractivity contribution in [2.75, 3.05) is 14.2 Å². The molecule has 1 N–H and O–H groups in total. The molecule has 0 atom stereocenters. The number of rotatable bonds is 6. The number of alkyl halides is 2. The maximum Gasteiger partial charge on any atom is 0.387 e. The summed E-state index contributed by atoms with van der Waals surface area (Å²) in [6.45, 7) is -3.01. The lowest BCUT2D eigenvalue weighted by atomic mass is 9.96. The Hall–Kier alpha value is -2.29. The highest BCUT2D eigenvalue weighted by Gasteiger charge is 2.26. The number of thioether (sulfide) groups is 1. The molecule has 152 valence electrons. The van der Waals surface area contributed by atoms with E-state index in [1.54, 1.807) is 6.08 Å². The number of carbonyl (C=O) groups excluding carboxylic acids is 1. The van der Waals surface area contributed by atoms with Gasteiger partial charge < -0.3 is 19.5 Å². The first-order valence-corrected chi connectivity index (χ1v) is 9.81. The van der Waals surface area contributed by atoms with Gasteiger partial charge in [-0.2, -0.15) is 8.78 Å². The number of aliphatic imine (C=N–C) groups is 1. The van der Waals surface area contributed by atoms with Crippen molar-refractivity contribution >= 4 is 28.9 Å². The molecule has 1 aliphatic heterocycles. The van der Waals surface area contributed by atoms with Gasteiger partial charge >= 0.3 is 6.61 Å². The summed E-state index contributed by atoms with van der Waals surface area (Å²) < 4.78 is 40.1. The van der Waals surface area contributed by atoms with Crippen molar-refractivity contribution in [3.63, 3.8) is 0 Å². The van der Waals surface area contributed by atoms with Crippen LogP contribution in [0, 0.1) is 0 Å². The predicted octanol–water partition coefficient (Wildman–Crippen LogP) is 4.20. The monoisotopic (exact) mass is 412 g/mol. The first-order chi connectivity index (χ1) is 13.5. The average molecular weight is 412 g/mol. The Kier molecular flexibility index (Phi) is 6.77. The van der Waals surface area contributed by atoms with E-state index in [2.05, 4.69) is 15.0 Å². The van der Waals surface area contributed by atoms with Crippen molar-refractivity contribution in [2.45, 2.75) is 44.8 Å². The van der Waals surface area contributed by atoms with Gasteiger partial charge in [-0.05, 0) is 48.4 Å². The number of hydrogen-bond donors (Lipinski definition) is 1. The van der Waals surface area contributed by atoms with Gasteiger partial charge in [0.1, 0.15) is 0 Å². The molecule has 2 aliphatic rings. The van der Waals surface area contributed by atoms with E-state index in [-0.39, 0.29) is 29.2 Å². The fraction of sp³-hybridized carbons (Fsp3) is 0.474. The third-order valence-electron chi connectivity index (χ3n) is 4.51. The largest absolute Gasteiger partial charge is 0.493 e. The highest BCUT2D eigenvalue weighted by molar-refractivity contribution is 8.18. The van der Waals surface area contributed by atoms with E-state index >= 15 is 0 Å². The van der Waals surface area contributed by atoms with Crippen LogP contribution in [0.4, 0.5) is 8.78 Å². The zero-order valence-corrected chi connectivity index (χ0v) is 16.5. The van der Waals surface area contributed by atoms with Crippen LogP contribution in [0.15, 0.2) is 22.0 Å². The summed E-state index contributed by atoms with van der Waals surface area (Å²) in [5.74, 6) is -0.257. The van der Waals surface area contributed by atoms with Gasteiger partial charge in [0.15, 0.2) is 16.7 Å². The lowest BCUT2D eigenvalue weighted by Gasteiger charge is -2.17. The molecule has 0 aromatic heterocycles. The number of nitrogens with zero attached hydrogens (tertiary/aromatic N) is 1. The molecule has 0 radical (unpaired) electrons. The number of amides is 1. The van der Waals surface area contributed by atoms with Gasteiger partial charge in [-0.25, -0.2) is 0 Å². The number of methoxy groups -OCH3 is 2. The Morgan fingerprint density at radius 3 is 2.39 bits per heavy atom. The van der Waals surface area contributed by atoms with Crippen LogP contribution in [-0.2, 0) is 4.79 Å². The zero-order valence-electron chi connectivity index (χ0n) is 15.7. The minimum absolute atomic E-state index is 0.0889. The van der Waals surface area contributed by atoms with E-state index in [1.807, 2.05) is 0 Å². The van der Waals surface area contributed by atoms with Crippen LogP contribution in [0.2, 0.25) is 0 Å². The van der Waals surface area contributed by atoms with E-state index in [1.165, 1.54) is 44.5 Å². The first-order valence-electron chi connectivity index (χ1n) is 8.99. The molecule has 1 aromatic carbocycles. The van der Waals surface area contributed by atoms with Crippen LogP contribution >= 0.6 is 11.8 Å². The Labute approximate surface area is 166 Å². The van der Waals surface area contributed by atoms with Crippen LogP contribution in [0.3, 0.4) is 0 Å². The highest BCUT2D eigenvalue weighted by atomic mass is 32.2. The zero-order chi connectivity index (χ0) is 20.1. The standard InChI is InChI=1S/C19H22F2N2O4S/c1-25-13-8-11(9-14(26-2)16(13)27-18(20)21)10-15-17(24)23-19(28-15)22-12-6-4-3-5-7-12/h8-10,12,18H,3-7H2,1-2H3,(H,22,23,24)/b15-10+. The fourth-order valence-electron chi connectivity index (χ4n) is 3.20. The number of carbonyl (C=O) groups is 1. The molecule has 1 aliphatic carbocycles. The Morgan fingerprint density at radius 1 is 1.18 bits per heavy atom. The second-order valence-electron chi connectivity index (χ2n) is 6.42. The summed E-state index contributed by atoms with van der Waals surface area (Å²) in [6, 6.07) is 3.27. The van der Waals surface area contributed by atoms with E-state index < -0.39 is 6.61 Å². The van der Waals surface area contributed by atoms with E-state index in [4.69, 9.17) is 9.47 Å². The Bertz CT molecular complexity index is 767. The quantitative estimate of drug-likeness (QED) is 0.710. The summed E-state index contributed by atoms with van der Waals surface area (Å²) in [7, 11) is 2.69. The minimum atomic E-state index is -3.01. The van der Waals surface area contributed by atoms with Crippen LogP contribution in [0.5, 0.6) is 17.2 Å². The van der Waals surface area contributed by atoms with Gasteiger partial charge in [-0.15, -0.1) is 0 Å². The van der Waals surface area contributed by atoms with Crippen molar-refractivity contribution < 1.29 is 27.8 Å². The lowest BCUT2D eigenvalue weighted by Crippen LogP contribution is -2.22. The molecule has 2 fully saturated rings. The fourth-order valence-corrected chi connectivity index (χ4v) is 4.10. The van der Waals surface area contributed by atoms with Crippen molar-refractivity contribution in [2.24, 2.45) is 4.99 Å². The van der Waals surface area contributed by atoms with Crippen molar-refractivity contribution in [1.29, 1.82) is 0 Å². The number of hydrogen-bond acceptors (Lipinski definition) is 6. The second kappa shape index (κ2) is 9.27.